The summed E-state index contributed by atoms with van der Waals surface area (Å²) in [7, 11) is 3.97. The van der Waals surface area contributed by atoms with Gasteiger partial charge in [0.15, 0.2) is 5.15 Å². The van der Waals surface area contributed by atoms with Gasteiger partial charge in [-0.3, -0.25) is 8.99 Å². The van der Waals surface area contributed by atoms with Gasteiger partial charge in [0.2, 0.25) is 0 Å². The summed E-state index contributed by atoms with van der Waals surface area (Å²) in [5.41, 5.74) is 7.94. The van der Waals surface area contributed by atoms with Crippen LogP contribution in [-0.4, -0.2) is 34.7 Å². The van der Waals surface area contributed by atoms with E-state index in [1.54, 1.807) is 16.6 Å². The van der Waals surface area contributed by atoms with Crippen molar-refractivity contribution in [2.75, 3.05) is 20.6 Å². The highest BCUT2D eigenvalue weighted by molar-refractivity contribution is 7.97. The Morgan fingerprint density at radius 3 is 2.87 bits per heavy atom. The number of nitrogens with two attached hydrogens (primary N) is 1. The number of halogens is 2. The molecular formula is C16H20ClFN4S. The van der Waals surface area contributed by atoms with Crippen molar-refractivity contribution in [3.8, 4) is 11.1 Å². The van der Waals surface area contributed by atoms with E-state index < -0.39 is 0 Å². The summed E-state index contributed by atoms with van der Waals surface area (Å²) in [6, 6.07) is 8.04. The van der Waals surface area contributed by atoms with Crippen LogP contribution in [0.5, 0.6) is 0 Å². The zero-order valence-corrected chi connectivity index (χ0v) is 15.0. The van der Waals surface area contributed by atoms with Crippen molar-refractivity contribution in [2.45, 2.75) is 18.4 Å². The molecule has 0 amide bonds. The topological polar surface area (TPSA) is 47.1 Å². The highest BCUT2D eigenvalue weighted by Crippen LogP contribution is 2.33. The van der Waals surface area contributed by atoms with E-state index in [-0.39, 0.29) is 18.9 Å². The van der Waals surface area contributed by atoms with Crippen molar-refractivity contribution >= 4 is 23.5 Å². The molecule has 0 bridgehead atoms. The molecule has 0 unspecified atom stereocenters. The molecule has 0 aliphatic rings. The van der Waals surface area contributed by atoms with Gasteiger partial charge in [-0.15, -0.1) is 0 Å². The Labute approximate surface area is 145 Å². The minimum absolute atomic E-state index is 0.0366. The molecule has 7 heteroatoms. The molecule has 23 heavy (non-hydrogen) atoms. The molecule has 0 atom stereocenters. The van der Waals surface area contributed by atoms with Gasteiger partial charge in [-0.1, -0.05) is 23.7 Å². The van der Waals surface area contributed by atoms with E-state index >= 15 is 0 Å². The normalized spacial score (nSPS) is 12.2. The van der Waals surface area contributed by atoms with Crippen molar-refractivity contribution in [1.29, 1.82) is 0 Å². The first-order valence-corrected chi connectivity index (χ1v) is 8.30. The van der Waals surface area contributed by atoms with Crippen LogP contribution in [0.4, 0.5) is 4.39 Å². The van der Waals surface area contributed by atoms with Gasteiger partial charge in [-0.2, -0.15) is 5.10 Å². The molecule has 4 nitrogen and oxygen atoms in total. The van der Waals surface area contributed by atoms with Crippen molar-refractivity contribution in [1.82, 2.24) is 14.1 Å². The number of nitrogens with zero attached hydrogens (tertiary/aromatic N) is 3. The molecule has 0 radical (unpaired) electrons. The second kappa shape index (κ2) is 7.97. The molecule has 0 aliphatic carbocycles. The Balaban J connectivity index is 2.37. The average molecular weight is 355 g/mol. The van der Waals surface area contributed by atoms with E-state index in [0.717, 1.165) is 21.7 Å². The SMILES string of the molecule is Cc1c(-c2cccc(SN(C)C)c2)c(Cl)nn1C/C(F)=C/CN. The van der Waals surface area contributed by atoms with Crippen LogP contribution in [0.25, 0.3) is 11.1 Å². The molecule has 0 saturated heterocycles. The van der Waals surface area contributed by atoms with Crippen LogP contribution in [0.3, 0.4) is 0 Å². The summed E-state index contributed by atoms with van der Waals surface area (Å²) in [5.74, 6) is -0.321. The molecule has 0 fully saturated rings. The first-order valence-electron chi connectivity index (χ1n) is 7.15. The Kier molecular flexibility index (Phi) is 6.24. The molecule has 2 aromatic rings. The van der Waals surface area contributed by atoms with E-state index in [1.807, 2.05) is 43.5 Å². The molecule has 0 spiro atoms. The van der Waals surface area contributed by atoms with Gasteiger partial charge in [-0.05, 0) is 56.7 Å². The second-order valence-electron chi connectivity index (χ2n) is 5.23. The largest absolute Gasteiger partial charge is 0.327 e. The van der Waals surface area contributed by atoms with Crippen molar-refractivity contribution in [3.05, 3.63) is 47.0 Å². The number of rotatable bonds is 6. The first kappa shape index (κ1) is 18.0. The van der Waals surface area contributed by atoms with Crippen molar-refractivity contribution in [2.24, 2.45) is 5.73 Å². The maximum Gasteiger partial charge on any atom is 0.159 e. The van der Waals surface area contributed by atoms with E-state index in [1.165, 1.54) is 6.08 Å². The zero-order valence-electron chi connectivity index (χ0n) is 13.4. The van der Waals surface area contributed by atoms with E-state index in [0.29, 0.717) is 5.15 Å². The number of hydrogen-bond acceptors (Lipinski definition) is 4. The van der Waals surface area contributed by atoms with Crippen LogP contribution >= 0.6 is 23.5 Å². The molecule has 0 saturated carbocycles. The summed E-state index contributed by atoms with van der Waals surface area (Å²) >= 11 is 7.91. The Bertz CT molecular complexity index is 712. The second-order valence-corrected chi connectivity index (χ2v) is 6.97. The maximum absolute atomic E-state index is 13.7. The summed E-state index contributed by atoms with van der Waals surface area (Å²) in [4.78, 5) is 1.10. The van der Waals surface area contributed by atoms with E-state index in [2.05, 4.69) is 11.2 Å². The molecule has 0 aliphatic heterocycles. The Hall–Kier alpha value is -1.34. The standard InChI is InChI=1S/C16H20ClFN4S/c1-11-15(12-5-4-6-14(9-12)23-21(2)3)16(17)20-22(11)10-13(18)7-8-19/h4-7,9H,8,10,19H2,1-3H3/b13-7-. The van der Waals surface area contributed by atoms with Crippen molar-refractivity contribution < 1.29 is 4.39 Å². The third kappa shape index (κ3) is 4.57. The van der Waals surface area contributed by atoms with Crippen molar-refractivity contribution in [3.63, 3.8) is 0 Å². The quantitative estimate of drug-likeness (QED) is 0.799. The number of hydrogen-bond donors (Lipinski definition) is 1. The molecule has 1 aromatic heterocycles. The van der Waals surface area contributed by atoms with Gasteiger partial charge in [0.05, 0.1) is 6.54 Å². The highest BCUT2D eigenvalue weighted by atomic mass is 35.5. The minimum Gasteiger partial charge on any atom is -0.327 e. The minimum atomic E-state index is -0.321. The lowest BCUT2D eigenvalue weighted by atomic mass is 10.1. The smallest absolute Gasteiger partial charge is 0.159 e. The third-order valence-corrected chi connectivity index (χ3v) is 4.31. The lowest BCUT2D eigenvalue weighted by molar-refractivity contribution is 0.519. The van der Waals surface area contributed by atoms with E-state index in [9.17, 15) is 4.39 Å². The summed E-state index contributed by atoms with van der Waals surface area (Å²) in [6.07, 6.45) is 1.34. The average Bonchev–Trinajstić information content (AvgIpc) is 2.73. The molecule has 1 aromatic carbocycles. The van der Waals surface area contributed by atoms with Crippen LogP contribution in [0.2, 0.25) is 5.15 Å². The van der Waals surface area contributed by atoms with Gasteiger partial charge in [0.1, 0.15) is 5.83 Å². The maximum atomic E-state index is 13.7. The first-order chi connectivity index (χ1) is 10.9. The summed E-state index contributed by atoms with van der Waals surface area (Å²) in [6.45, 7) is 2.08. The fourth-order valence-electron chi connectivity index (χ4n) is 2.25. The fourth-order valence-corrected chi connectivity index (χ4v) is 3.32. The van der Waals surface area contributed by atoms with Gasteiger partial charge in [-0.25, -0.2) is 4.39 Å². The third-order valence-electron chi connectivity index (χ3n) is 3.21. The lowest BCUT2D eigenvalue weighted by Gasteiger charge is -2.10. The van der Waals surface area contributed by atoms with Crippen LogP contribution in [-0.2, 0) is 6.54 Å². The number of aromatic nitrogens is 2. The molecule has 2 N–H and O–H groups in total. The van der Waals surface area contributed by atoms with Gasteiger partial charge in [0.25, 0.3) is 0 Å². The van der Waals surface area contributed by atoms with Crippen LogP contribution in [0, 0.1) is 6.92 Å². The summed E-state index contributed by atoms with van der Waals surface area (Å²) < 4.78 is 17.3. The predicted octanol–water partition coefficient (Wildman–Crippen LogP) is 3.89. The highest BCUT2D eigenvalue weighted by Gasteiger charge is 2.16. The van der Waals surface area contributed by atoms with Crippen LogP contribution in [0.1, 0.15) is 5.69 Å². The lowest BCUT2D eigenvalue weighted by Crippen LogP contribution is -2.05. The molecule has 1 heterocycles. The van der Waals surface area contributed by atoms with Crippen LogP contribution in [0.15, 0.2) is 41.1 Å². The monoisotopic (exact) mass is 354 g/mol. The molecule has 124 valence electrons. The van der Waals surface area contributed by atoms with Gasteiger partial charge < -0.3 is 5.73 Å². The van der Waals surface area contributed by atoms with E-state index in [4.69, 9.17) is 17.3 Å². The molecular weight excluding hydrogens is 335 g/mol. The summed E-state index contributed by atoms with van der Waals surface area (Å²) in [5, 5.41) is 4.61. The Morgan fingerprint density at radius 2 is 2.22 bits per heavy atom. The van der Waals surface area contributed by atoms with Gasteiger partial charge in [0, 0.05) is 22.7 Å². The van der Waals surface area contributed by atoms with Gasteiger partial charge >= 0.3 is 0 Å². The fraction of sp³-hybridized carbons (Fsp3) is 0.312. The van der Waals surface area contributed by atoms with Crippen LogP contribution < -0.4 is 5.73 Å². The predicted molar refractivity (Wildman–Crippen MR) is 95.2 cm³/mol. The molecule has 2 rings (SSSR count). The number of allylic oxidation sites excluding steroid dienone is 1. The Morgan fingerprint density at radius 1 is 1.48 bits per heavy atom. The number of benzene rings is 1. The zero-order chi connectivity index (χ0) is 17.0.